The first-order valence-electron chi connectivity index (χ1n) is 12.7. The van der Waals surface area contributed by atoms with Crippen LogP contribution in [-0.2, 0) is 0 Å². The van der Waals surface area contributed by atoms with E-state index in [4.69, 9.17) is 8.83 Å². The molecule has 2 heterocycles. The molecule has 0 unspecified atom stereocenters. The van der Waals surface area contributed by atoms with Crippen molar-refractivity contribution >= 4 is 71.7 Å². The smallest absolute Gasteiger partial charge is 0.185 e. The molecule has 3 heteroatoms. The maximum atomic E-state index is 6.44. The lowest BCUT2D eigenvalue weighted by Crippen LogP contribution is -2.11. The second-order valence-corrected chi connectivity index (χ2v) is 9.69. The second kappa shape index (κ2) is 7.90. The summed E-state index contributed by atoms with van der Waals surface area (Å²) in [6, 6.07) is 44.0. The van der Waals surface area contributed by atoms with Gasteiger partial charge in [-0.15, -0.1) is 0 Å². The highest BCUT2D eigenvalue weighted by molar-refractivity contribution is 6.20. The summed E-state index contributed by atoms with van der Waals surface area (Å²) in [5, 5.41) is 6.46. The predicted octanol–water partition coefficient (Wildman–Crippen LogP) is 10.0. The monoisotopic (exact) mass is 487 g/mol. The van der Waals surface area contributed by atoms with E-state index in [0.29, 0.717) is 5.58 Å². The maximum absolute atomic E-state index is 6.44. The van der Waals surface area contributed by atoms with Crippen molar-refractivity contribution in [2.75, 3.05) is 4.90 Å². The highest BCUT2D eigenvalue weighted by Gasteiger charge is 2.23. The Morgan fingerprint density at radius 3 is 2.18 bits per heavy atom. The van der Waals surface area contributed by atoms with Crippen LogP contribution < -0.4 is 4.90 Å². The van der Waals surface area contributed by atoms with Gasteiger partial charge in [-0.25, -0.2) is 0 Å². The number of para-hydroxylation sites is 2. The van der Waals surface area contributed by atoms with E-state index in [1.165, 1.54) is 5.56 Å². The molecular weight excluding hydrogens is 466 g/mol. The fourth-order valence-corrected chi connectivity index (χ4v) is 5.60. The van der Waals surface area contributed by atoms with E-state index >= 15 is 0 Å². The summed E-state index contributed by atoms with van der Waals surface area (Å²) in [6.45, 7) is 2.11. The molecule has 0 spiro atoms. The first-order chi connectivity index (χ1) is 18.8. The van der Waals surface area contributed by atoms with Crippen LogP contribution in [0.1, 0.15) is 5.56 Å². The summed E-state index contributed by atoms with van der Waals surface area (Å²) >= 11 is 0. The van der Waals surface area contributed by atoms with Gasteiger partial charge >= 0.3 is 0 Å². The van der Waals surface area contributed by atoms with Crippen LogP contribution in [0.15, 0.2) is 118 Å². The zero-order chi connectivity index (χ0) is 25.2. The number of nitrogens with zero attached hydrogens (tertiary/aromatic N) is 1. The lowest BCUT2D eigenvalue weighted by atomic mass is 10.0. The number of rotatable bonds is 3. The van der Waals surface area contributed by atoms with Crippen LogP contribution in [0, 0.1) is 19.1 Å². The zero-order valence-corrected chi connectivity index (χ0v) is 20.7. The molecule has 0 saturated heterocycles. The third-order valence-corrected chi connectivity index (χ3v) is 7.39. The van der Waals surface area contributed by atoms with E-state index in [0.717, 1.165) is 66.1 Å². The fourth-order valence-electron chi connectivity index (χ4n) is 5.60. The van der Waals surface area contributed by atoms with Gasteiger partial charge in [-0.05, 0) is 55.5 Å². The number of aryl methyl sites for hydroxylation is 1. The van der Waals surface area contributed by atoms with Crippen molar-refractivity contribution in [1.82, 2.24) is 0 Å². The highest BCUT2D eigenvalue weighted by atomic mass is 16.3. The number of benzene rings is 5. The third kappa shape index (κ3) is 2.98. The molecule has 0 bridgehead atoms. The van der Waals surface area contributed by atoms with E-state index in [9.17, 15) is 0 Å². The Morgan fingerprint density at radius 2 is 1.32 bits per heavy atom. The molecule has 8 aromatic rings. The van der Waals surface area contributed by atoms with Crippen molar-refractivity contribution in [2.45, 2.75) is 6.92 Å². The first kappa shape index (κ1) is 20.9. The average Bonchev–Trinajstić information content (AvgIpc) is 3.53. The fraction of sp³-hybridized carbons (Fsp3) is 0.0286. The van der Waals surface area contributed by atoms with Crippen LogP contribution in [0.3, 0.4) is 0 Å². The Hall–Kier alpha value is -5.20. The Kier molecular flexibility index (Phi) is 4.35. The Bertz CT molecular complexity index is 2150. The Balaban J connectivity index is 1.52. The van der Waals surface area contributed by atoms with Gasteiger partial charge in [0.2, 0.25) is 0 Å². The van der Waals surface area contributed by atoms with E-state index in [1.54, 1.807) is 0 Å². The minimum atomic E-state index is 0.708. The molecule has 8 rings (SSSR count). The average molecular weight is 488 g/mol. The number of hydrogen-bond donors (Lipinski definition) is 0. The molecule has 3 nitrogen and oxygen atoms in total. The second-order valence-electron chi connectivity index (χ2n) is 9.69. The van der Waals surface area contributed by atoms with Crippen molar-refractivity contribution in [3.8, 4) is 0 Å². The maximum Gasteiger partial charge on any atom is 0.185 e. The van der Waals surface area contributed by atoms with Gasteiger partial charge in [0, 0.05) is 38.0 Å². The van der Waals surface area contributed by atoms with E-state index < -0.39 is 0 Å². The van der Waals surface area contributed by atoms with Crippen molar-refractivity contribution in [1.29, 1.82) is 0 Å². The molecule has 0 fully saturated rings. The molecule has 0 N–H and O–H groups in total. The summed E-state index contributed by atoms with van der Waals surface area (Å²) in [7, 11) is 0. The normalized spacial score (nSPS) is 11.6. The summed E-state index contributed by atoms with van der Waals surface area (Å²) in [5.41, 5.74) is 7.61. The molecule has 0 atom stereocenters. The van der Waals surface area contributed by atoms with Gasteiger partial charge in [-0.2, -0.15) is 0 Å². The summed E-state index contributed by atoms with van der Waals surface area (Å²) in [4.78, 5) is 2.30. The molecule has 0 amide bonds. The topological polar surface area (TPSA) is 29.5 Å². The van der Waals surface area contributed by atoms with Gasteiger partial charge < -0.3 is 13.7 Å². The van der Waals surface area contributed by atoms with Crippen LogP contribution >= 0.6 is 0 Å². The standard InChI is InChI=1S/C35H21NO2/c1-22-17-19-23(20-18-22)36(30-14-8-13-28-25-10-4-6-15-32(25)38-35(28)30)31-21-29-26-11-5-7-16-33(26)37-34(29)27-12-3-2-9-24(27)31/h2-5,7-14,16-21H,1H3. The minimum absolute atomic E-state index is 0.708. The minimum Gasteiger partial charge on any atom is -0.455 e. The van der Waals surface area contributed by atoms with Crippen molar-refractivity contribution in [3.05, 3.63) is 127 Å². The molecule has 0 radical (unpaired) electrons. The number of fused-ring (bicyclic) bond motifs is 8. The molecule has 6 aromatic carbocycles. The highest BCUT2D eigenvalue weighted by Crippen LogP contribution is 2.47. The molecule has 0 aliphatic heterocycles. The summed E-state index contributed by atoms with van der Waals surface area (Å²) in [5.74, 6) is 0. The lowest BCUT2D eigenvalue weighted by molar-refractivity contribution is 0.669. The van der Waals surface area contributed by atoms with Crippen molar-refractivity contribution < 1.29 is 8.83 Å². The van der Waals surface area contributed by atoms with Gasteiger partial charge in [0.05, 0.1) is 11.4 Å². The predicted molar refractivity (Wildman–Crippen MR) is 156 cm³/mol. The van der Waals surface area contributed by atoms with Crippen LogP contribution in [0.4, 0.5) is 17.1 Å². The number of anilines is 3. The van der Waals surface area contributed by atoms with E-state index in [-0.39, 0.29) is 0 Å². The number of furan rings is 2. The molecular formula is C35H21NO2. The number of hydrogen-bond acceptors (Lipinski definition) is 3. The van der Waals surface area contributed by atoms with Crippen molar-refractivity contribution in [2.24, 2.45) is 0 Å². The zero-order valence-electron chi connectivity index (χ0n) is 20.7. The molecule has 38 heavy (non-hydrogen) atoms. The molecule has 178 valence electrons. The van der Waals surface area contributed by atoms with Gasteiger partial charge in [0.1, 0.15) is 11.2 Å². The van der Waals surface area contributed by atoms with E-state index in [1.807, 2.05) is 24.3 Å². The van der Waals surface area contributed by atoms with Gasteiger partial charge in [-0.3, -0.25) is 0 Å². The quantitative estimate of drug-likeness (QED) is 0.248. The Morgan fingerprint density at radius 1 is 0.579 bits per heavy atom. The van der Waals surface area contributed by atoms with Crippen LogP contribution in [0.5, 0.6) is 0 Å². The van der Waals surface area contributed by atoms with Crippen LogP contribution in [0.2, 0.25) is 0 Å². The lowest BCUT2D eigenvalue weighted by Gasteiger charge is -2.27. The van der Waals surface area contributed by atoms with E-state index in [2.05, 4.69) is 109 Å². The first-order valence-corrected chi connectivity index (χ1v) is 12.7. The van der Waals surface area contributed by atoms with Gasteiger partial charge in [0.15, 0.2) is 11.2 Å². The third-order valence-electron chi connectivity index (χ3n) is 7.39. The largest absolute Gasteiger partial charge is 0.455 e. The molecule has 0 aliphatic rings. The summed E-state index contributed by atoms with van der Waals surface area (Å²) in [6.07, 6.45) is 0. The van der Waals surface area contributed by atoms with Crippen LogP contribution in [-0.4, -0.2) is 0 Å². The van der Waals surface area contributed by atoms with Crippen LogP contribution in [0.25, 0.3) is 54.6 Å². The van der Waals surface area contributed by atoms with Crippen molar-refractivity contribution in [3.63, 3.8) is 0 Å². The van der Waals surface area contributed by atoms with Gasteiger partial charge in [0.25, 0.3) is 0 Å². The summed E-state index contributed by atoms with van der Waals surface area (Å²) < 4.78 is 12.8. The SMILES string of the molecule is Cc1ccc(N(c2cc3c4ccccc4oc3c3ccccc23)c2cccc3c2oc2c#cccc23)cc1. The molecule has 2 aromatic heterocycles. The van der Waals surface area contributed by atoms with Gasteiger partial charge in [-0.1, -0.05) is 78.4 Å². The Labute approximate surface area is 219 Å². The molecule has 0 aliphatic carbocycles. The molecule has 0 saturated carbocycles.